The molecule has 0 saturated carbocycles. The van der Waals surface area contributed by atoms with E-state index in [1.807, 2.05) is 0 Å². The van der Waals surface area contributed by atoms with Gasteiger partial charge in [0.05, 0.1) is 35.0 Å². The van der Waals surface area contributed by atoms with Crippen LogP contribution in [0.2, 0.25) is 10.0 Å². The molecule has 0 heterocycles. The molecule has 24 heavy (non-hydrogen) atoms. The number of nitrogens with two attached hydrogens (primary N) is 1. The molecule has 0 fully saturated rings. The third kappa shape index (κ3) is 4.18. The lowest BCUT2D eigenvalue weighted by Crippen LogP contribution is -2.36. The van der Waals surface area contributed by atoms with Crippen molar-refractivity contribution in [2.75, 3.05) is 11.4 Å². The summed E-state index contributed by atoms with van der Waals surface area (Å²) in [6, 6.07) is 10.7. The molecule has 0 bridgehead atoms. The largest absolute Gasteiger partial charge is 0.465 e. The van der Waals surface area contributed by atoms with E-state index in [9.17, 15) is 13.2 Å². The van der Waals surface area contributed by atoms with Gasteiger partial charge in [0.25, 0.3) is 10.2 Å². The molecule has 0 aliphatic heterocycles. The molecule has 0 aromatic heterocycles. The Morgan fingerprint density at radius 2 is 1.79 bits per heavy atom. The molecule has 0 radical (unpaired) electrons. The van der Waals surface area contributed by atoms with Crippen LogP contribution in [0.15, 0.2) is 42.5 Å². The van der Waals surface area contributed by atoms with Crippen molar-refractivity contribution >= 4 is 45.1 Å². The van der Waals surface area contributed by atoms with E-state index in [2.05, 4.69) is 4.74 Å². The van der Waals surface area contributed by atoms with E-state index in [1.54, 1.807) is 18.2 Å². The van der Waals surface area contributed by atoms with Gasteiger partial charge in [-0.05, 0) is 35.9 Å². The van der Waals surface area contributed by atoms with Crippen LogP contribution in [-0.2, 0) is 21.5 Å². The Hall–Kier alpha value is -1.80. The quantitative estimate of drug-likeness (QED) is 0.797. The molecule has 0 unspecified atom stereocenters. The molecule has 6 nitrogen and oxygen atoms in total. The first-order valence-corrected chi connectivity index (χ1v) is 8.91. The first-order valence-electron chi connectivity index (χ1n) is 6.65. The number of halogens is 2. The molecule has 0 aliphatic carbocycles. The Labute approximate surface area is 149 Å². The molecule has 2 aromatic rings. The van der Waals surface area contributed by atoms with Gasteiger partial charge in [-0.25, -0.2) is 9.93 Å². The van der Waals surface area contributed by atoms with E-state index in [1.165, 1.54) is 31.4 Å². The molecular weight excluding hydrogens is 375 g/mol. The van der Waals surface area contributed by atoms with Crippen molar-refractivity contribution < 1.29 is 17.9 Å². The first-order chi connectivity index (χ1) is 11.2. The third-order valence-corrected chi connectivity index (χ3v) is 5.04. The maximum Gasteiger partial charge on any atom is 0.337 e. The van der Waals surface area contributed by atoms with Crippen LogP contribution < -0.4 is 9.44 Å². The standard InChI is InChI=1S/C15H14Cl2N2O4S/c1-23-15(20)10-5-7-12(8-6-10)19(24(18,21)22)9-11-3-2-4-13(16)14(11)17/h2-8H,9H2,1H3,(H2,18,21,22). The Bertz CT molecular complexity index is 854. The maximum atomic E-state index is 11.9. The second-order valence-corrected chi connectivity index (χ2v) is 7.06. The second-order valence-electron chi connectivity index (χ2n) is 4.80. The highest BCUT2D eigenvalue weighted by Crippen LogP contribution is 2.29. The summed E-state index contributed by atoms with van der Waals surface area (Å²) in [7, 11) is -2.81. The van der Waals surface area contributed by atoms with Crippen LogP contribution in [0.3, 0.4) is 0 Å². The maximum absolute atomic E-state index is 11.9. The number of carbonyl (C=O) groups excluding carboxylic acids is 1. The van der Waals surface area contributed by atoms with E-state index in [0.29, 0.717) is 10.6 Å². The van der Waals surface area contributed by atoms with Gasteiger partial charge in [0.2, 0.25) is 0 Å². The summed E-state index contributed by atoms with van der Waals surface area (Å²) in [6.07, 6.45) is 0. The number of hydrogen-bond donors (Lipinski definition) is 1. The van der Waals surface area contributed by atoms with Crippen LogP contribution in [0, 0.1) is 0 Å². The van der Waals surface area contributed by atoms with Crippen LogP contribution in [0.25, 0.3) is 0 Å². The minimum absolute atomic E-state index is 0.101. The summed E-state index contributed by atoms with van der Waals surface area (Å²) in [4.78, 5) is 11.5. The number of nitrogens with zero attached hydrogens (tertiary/aromatic N) is 1. The lowest BCUT2D eigenvalue weighted by Gasteiger charge is -2.22. The third-order valence-electron chi connectivity index (χ3n) is 3.23. The number of rotatable bonds is 5. The van der Waals surface area contributed by atoms with Crippen LogP contribution in [0.1, 0.15) is 15.9 Å². The van der Waals surface area contributed by atoms with Gasteiger partial charge in [0.15, 0.2) is 0 Å². The zero-order chi connectivity index (χ0) is 17.9. The van der Waals surface area contributed by atoms with E-state index in [-0.39, 0.29) is 22.8 Å². The summed E-state index contributed by atoms with van der Waals surface area (Å²) < 4.78 is 29.5. The predicted octanol–water partition coefficient (Wildman–Crippen LogP) is 2.99. The van der Waals surface area contributed by atoms with Gasteiger partial charge >= 0.3 is 5.97 Å². The molecule has 2 rings (SSSR count). The average Bonchev–Trinajstić information content (AvgIpc) is 2.54. The van der Waals surface area contributed by atoms with Gasteiger partial charge in [0.1, 0.15) is 0 Å². The minimum atomic E-state index is -4.07. The molecule has 0 atom stereocenters. The number of anilines is 1. The Kier molecular flexibility index (Phi) is 5.71. The summed E-state index contributed by atoms with van der Waals surface area (Å²) in [5.41, 5.74) is 1.06. The van der Waals surface area contributed by atoms with Gasteiger partial charge in [-0.15, -0.1) is 0 Å². The predicted molar refractivity (Wildman–Crippen MR) is 93.5 cm³/mol. The number of carbonyl (C=O) groups is 1. The van der Waals surface area contributed by atoms with Gasteiger partial charge in [-0.1, -0.05) is 35.3 Å². The summed E-state index contributed by atoms with van der Waals surface area (Å²) in [6.45, 7) is -0.101. The molecule has 0 spiro atoms. The molecule has 2 N–H and O–H groups in total. The summed E-state index contributed by atoms with van der Waals surface area (Å²) in [5.74, 6) is -0.526. The Balaban J connectivity index is 2.40. The van der Waals surface area contributed by atoms with Gasteiger partial charge < -0.3 is 4.74 Å². The van der Waals surface area contributed by atoms with Crippen molar-refractivity contribution in [2.45, 2.75) is 6.54 Å². The molecule has 9 heteroatoms. The second kappa shape index (κ2) is 7.40. The highest BCUT2D eigenvalue weighted by atomic mass is 35.5. The van der Waals surface area contributed by atoms with Crippen molar-refractivity contribution in [1.29, 1.82) is 0 Å². The number of benzene rings is 2. The average molecular weight is 389 g/mol. The zero-order valence-electron chi connectivity index (χ0n) is 12.6. The van der Waals surface area contributed by atoms with Gasteiger partial charge in [-0.2, -0.15) is 8.42 Å². The molecule has 0 saturated heterocycles. The van der Waals surface area contributed by atoms with Crippen LogP contribution in [-0.4, -0.2) is 21.5 Å². The summed E-state index contributed by atoms with van der Waals surface area (Å²) in [5, 5.41) is 5.86. The highest BCUT2D eigenvalue weighted by molar-refractivity contribution is 7.90. The van der Waals surface area contributed by atoms with Crippen molar-refractivity contribution in [3.05, 3.63) is 63.6 Å². The lowest BCUT2D eigenvalue weighted by molar-refractivity contribution is 0.0601. The van der Waals surface area contributed by atoms with Gasteiger partial charge in [0, 0.05) is 0 Å². The fourth-order valence-corrected chi connectivity index (χ4v) is 3.15. The Morgan fingerprint density at radius 1 is 1.17 bits per heavy atom. The van der Waals surface area contributed by atoms with Crippen LogP contribution in [0.4, 0.5) is 5.69 Å². The normalized spacial score (nSPS) is 11.2. The topological polar surface area (TPSA) is 89.7 Å². The van der Waals surface area contributed by atoms with E-state index >= 15 is 0 Å². The van der Waals surface area contributed by atoms with Crippen molar-refractivity contribution in [1.82, 2.24) is 0 Å². The Morgan fingerprint density at radius 3 is 2.33 bits per heavy atom. The number of methoxy groups -OCH3 is 1. The fourth-order valence-electron chi connectivity index (χ4n) is 2.04. The van der Waals surface area contributed by atoms with Crippen LogP contribution >= 0.6 is 23.2 Å². The van der Waals surface area contributed by atoms with Crippen molar-refractivity contribution in [3.63, 3.8) is 0 Å². The van der Waals surface area contributed by atoms with Crippen molar-refractivity contribution in [3.8, 4) is 0 Å². The molecular formula is C15H14Cl2N2O4S. The number of hydrogen-bond acceptors (Lipinski definition) is 4. The monoisotopic (exact) mass is 388 g/mol. The zero-order valence-corrected chi connectivity index (χ0v) is 14.9. The lowest BCUT2D eigenvalue weighted by atomic mass is 10.2. The van der Waals surface area contributed by atoms with Crippen LogP contribution in [0.5, 0.6) is 0 Å². The first kappa shape index (κ1) is 18.5. The smallest absolute Gasteiger partial charge is 0.337 e. The molecule has 2 aromatic carbocycles. The highest BCUT2D eigenvalue weighted by Gasteiger charge is 2.20. The fraction of sp³-hybridized carbons (Fsp3) is 0.133. The number of ether oxygens (including phenoxy) is 1. The van der Waals surface area contributed by atoms with E-state index in [0.717, 1.165) is 4.31 Å². The minimum Gasteiger partial charge on any atom is -0.465 e. The van der Waals surface area contributed by atoms with Crippen molar-refractivity contribution in [2.24, 2.45) is 5.14 Å². The molecule has 0 aliphatic rings. The van der Waals surface area contributed by atoms with E-state index in [4.69, 9.17) is 28.3 Å². The molecule has 128 valence electrons. The molecule has 0 amide bonds. The summed E-state index contributed by atoms with van der Waals surface area (Å²) >= 11 is 12.1. The SMILES string of the molecule is COC(=O)c1ccc(N(Cc2cccc(Cl)c2Cl)S(N)(=O)=O)cc1. The van der Waals surface area contributed by atoms with E-state index < -0.39 is 16.2 Å². The number of esters is 1. The van der Waals surface area contributed by atoms with Gasteiger partial charge in [-0.3, -0.25) is 4.31 Å².